The van der Waals surface area contributed by atoms with E-state index >= 15 is 0 Å². The van der Waals surface area contributed by atoms with Gasteiger partial charge in [0.2, 0.25) is 0 Å². The van der Waals surface area contributed by atoms with E-state index in [0.717, 1.165) is 0 Å². The van der Waals surface area contributed by atoms with Gasteiger partial charge in [0.05, 0.1) is 19.0 Å². The Kier molecular flexibility index (Phi) is 30.9. The Labute approximate surface area is 203 Å². The topological polar surface area (TPSA) is 73.2 Å². The van der Waals surface area contributed by atoms with Crippen LogP contribution in [0.15, 0.2) is 15.0 Å². The molecule has 0 saturated heterocycles. The van der Waals surface area contributed by atoms with Crippen molar-refractivity contribution in [3.63, 3.8) is 0 Å². The first kappa shape index (κ1) is 35.1. The third-order valence-electron chi connectivity index (χ3n) is 2.34. The molecule has 0 aliphatic carbocycles. The van der Waals surface area contributed by atoms with Gasteiger partial charge in [0.25, 0.3) is 0 Å². The molecule has 0 aromatic heterocycles. The van der Waals surface area contributed by atoms with Gasteiger partial charge < -0.3 is 16.0 Å². The number of aliphatic imine (C=N–C) groups is 3. The second-order valence-corrected chi connectivity index (χ2v) is 8.08. The Morgan fingerprint density at radius 1 is 0.429 bits per heavy atom. The van der Waals surface area contributed by atoms with Crippen LogP contribution in [0, 0.1) is 35.6 Å². The van der Waals surface area contributed by atoms with Gasteiger partial charge in [0.1, 0.15) is 0 Å². The molecule has 0 bridgehead atoms. The van der Waals surface area contributed by atoms with Gasteiger partial charge in [-0.25, -0.2) is 0 Å². The maximum Gasteiger partial charge on any atom is 0.0828 e. The number of hydrogen-bond acceptors (Lipinski definition) is 3. The van der Waals surface area contributed by atoms with Crippen molar-refractivity contribution in [1.82, 2.24) is 16.0 Å². The van der Waals surface area contributed by atoms with Crippen LogP contribution in [0.1, 0.15) is 83.1 Å². The molecule has 0 saturated carbocycles. The van der Waals surface area contributed by atoms with Gasteiger partial charge in [-0.3, -0.25) is 15.0 Å². The Hall–Kier alpha value is -0.395. The Bertz CT molecular complexity index is 318. The fourth-order valence-corrected chi connectivity index (χ4v) is 1.02. The molecule has 0 amide bonds. The maximum atomic E-state index is 4.13. The monoisotopic (exact) mass is 523 g/mol. The van der Waals surface area contributed by atoms with Crippen LogP contribution in [-0.2, 0) is 0 Å². The van der Waals surface area contributed by atoms with Gasteiger partial charge in [-0.05, 0) is 83.1 Å². The van der Waals surface area contributed by atoms with E-state index in [1.807, 2.05) is 0 Å². The molecular weight excluding hydrogens is 475 g/mol. The molecule has 0 unspecified atom stereocenters. The zero-order valence-electron chi connectivity index (χ0n) is 20.6. The first-order valence-corrected chi connectivity index (χ1v) is 10.2. The zero-order chi connectivity index (χ0) is 21.8. The average molecular weight is 524 g/mol. The van der Waals surface area contributed by atoms with Crippen molar-refractivity contribution in [3.05, 3.63) is 0 Å². The first-order valence-electron chi connectivity index (χ1n) is 10.2. The predicted molar refractivity (Wildman–Crippen MR) is 126 cm³/mol. The van der Waals surface area contributed by atoms with E-state index < -0.39 is 0 Å². The summed E-state index contributed by atoms with van der Waals surface area (Å²) in [6, 6.07) is 2.68. The number of nitrogens with one attached hydrogen (secondary N) is 3. The van der Waals surface area contributed by atoms with E-state index in [2.05, 4.69) is 114 Å². The van der Waals surface area contributed by atoms with Crippen molar-refractivity contribution in [2.24, 2.45) is 15.0 Å². The summed E-state index contributed by atoms with van der Waals surface area (Å²) in [7, 11) is 0. The summed E-state index contributed by atoms with van der Waals surface area (Å²) in [5, 5.41) is 9.26. The molecule has 0 aromatic carbocycles. The molecular formula is C21H48LaN6. The smallest absolute Gasteiger partial charge is 0.0828 e. The maximum absolute atomic E-state index is 4.13. The van der Waals surface area contributed by atoms with Crippen molar-refractivity contribution in [1.29, 1.82) is 0 Å². The van der Waals surface area contributed by atoms with Crippen LogP contribution >= 0.6 is 0 Å². The van der Waals surface area contributed by atoms with Gasteiger partial charge in [0.15, 0.2) is 0 Å². The van der Waals surface area contributed by atoms with Crippen LogP contribution < -0.4 is 16.0 Å². The van der Waals surface area contributed by atoms with Crippen LogP contribution in [0.5, 0.6) is 0 Å². The molecule has 165 valence electrons. The largest absolute Gasteiger partial charge is 0.374 e. The molecule has 3 N–H and O–H groups in total. The molecule has 0 heterocycles. The minimum Gasteiger partial charge on any atom is -0.374 e. The fraction of sp³-hybridized carbons (Fsp3) is 0.857. The van der Waals surface area contributed by atoms with Gasteiger partial charge >= 0.3 is 0 Å². The van der Waals surface area contributed by atoms with Crippen LogP contribution in [-0.4, -0.2) is 55.3 Å². The number of nitrogens with zero attached hydrogens (tertiary/aromatic N) is 3. The third-order valence-corrected chi connectivity index (χ3v) is 2.34. The summed E-state index contributed by atoms with van der Waals surface area (Å²) in [6.07, 6.45) is 5.32. The minimum absolute atomic E-state index is 0. The second-order valence-electron chi connectivity index (χ2n) is 8.08. The van der Waals surface area contributed by atoms with Crippen molar-refractivity contribution >= 4 is 19.0 Å². The third kappa shape index (κ3) is 50.0. The van der Waals surface area contributed by atoms with E-state index in [1.54, 1.807) is 19.0 Å². The normalized spacial score (nSPS) is 11.4. The van der Waals surface area contributed by atoms with Gasteiger partial charge in [-0.2, -0.15) is 0 Å². The van der Waals surface area contributed by atoms with Crippen molar-refractivity contribution in [2.75, 3.05) is 0 Å². The fourth-order valence-electron chi connectivity index (χ4n) is 1.02. The first-order chi connectivity index (χ1) is 12.4. The standard InChI is InChI=1S/3C7H16N2.La/c3*1-6(2)8-5-9-7(3)4;/h3*5-7H,1-4H3,(H,8,9);. The predicted octanol–water partition coefficient (Wildman–Crippen LogP) is 4.26. The SMILES string of the molecule is CC(C)N=CNC(C)C.CC(C)N=CNC(C)C.CC(C)N=CNC(C)C.[La]. The molecule has 7 heteroatoms. The minimum atomic E-state index is 0. The van der Waals surface area contributed by atoms with Crippen LogP contribution in [0.3, 0.4) is 0 Å². The second kappa shape index (κ2) is 24.6. The van der Waals surface area contributed by atoms with E-state index in [-0.39, 0.29) is 35.6 Å². The van der Waals surface area contributed by atoms with Crippen molar-refractivity contribution in [2.45, 2.75) is 119 Å². The van der Waals surface area contributed by atoms with Crippen LogP contribution in [0.4, 0.5) is 0 Å². The summed E-state index contributed by atoms with van der Waals surface area (Å²) in [6.45, 7) is 24.9. The van der Waals surface area contributed by atoms with Crippen LogP contribution in [0.25, 0.3) is 0 Å². The molecule has 0 atom stereocenters. The molecule has 28 heavy (non-hydrogen) atoms. The molecule has 0 fully saturated rings. The summed E-state index contributed by atoms with van der Waals surface area (Å²) in [5.74, 6) is 0. The number of hydrogen-bond donors (Lipinski definition) is 3. The summed E-state index contributed by atoms with van der Waals surface area (Å²) < 4.78 is 0. The van der Waals surface area contributed by atoms with E-state index in [1.165, 1.54) is 0 Å². The zero-order valence-corrected chi connectivity index (χ0v) is 24.2. The summed E-state index contributed by atoms with van der Waals surface area (Å²) in [4.78, 5) is 12.4. The Morgan fingerprint density at radius 3 is 0.714 bits per heavy atom. The summed E-state index contributed by atoms with van der Waals surface area (Å²) in [5.41, 5.74) is 0. The molecule has 0 aliphatic heterocycles. The van der Waals surface area contributed by atoms with Crippen molar-refractivity contribution < 1.29 is 35.6 Å². The van der Waals surface area contributed by atoms with Gasteiger partial charge in [-0.15, -0.1) is 0 Å². The Balaban J connectivity index is -0.000000152. The quantitative estimate of drug-likeness (QED) is 0.312. The van der Waals surface area contributed by atoms with Crippen molar-refractivity contribution in [3.8, 4) is 0 Å². The van der Waals surface area contributed by atoms with E-state index in [9.17, 15) is 0 Å². The number of rotatable bonds is 9. The van der Waals surface area contributed by atoms with Crippen LogP contribution in [0.2, 0.25) is 0 Å². The molecule has 6 nitrogen and oxygen atoms in total. The molecule has 0 rings (SSSR count). The van der Waals surface area contributed by atoms with E-state index in [0.29, 0.717) is 36.3 Å². The van der Waals surface area contributed by atoms with E-state index in [4.69, 9.17) is 0 Å². The molecule has 0 aromatic rings. The average Bonchev–Trinajstić information content (AvgIpc) is 2.46. The molecule has 0 aliphatic rings. The summed E-state index contributed by atoms with van der Waals surface area (Å²) >= 11 is 0. The Morgan fingerprint density at radius 2 is 0.607 bits per heavy atom. The molecule has 1 radical (unpaired) electrons. The van der Waals surface area contributed by atoms with Gasteiger partial charge in [0, 0.05) is 71.8 Å². The van der Waals surface area contributed by atoms with Gasteiger partial charge in [-0.1, -0.05) is 0 Å². The molecule has 0 spiro atoms.